The Morgan fingerprint density at radius 1 is 1.33 bits per heavy atom. The van der Waals surface area contributed by atoms with E-state index >= 15 is 0 Å². The molecule has 0 bridgehead atoms. The summed E-state index contributed by atoms with van der Waals surface area (Å²) < 4.78 is 0. The van der Waals surface area contributed by atoms with Crippen molar-refractivity contribution in [1.29, 1.82) is 0 Å². The summed E-state index contributed by atoms with van der Waals surface area (Å²) in [7, 11) is 0. The Morgan fingerprint density at radius 2 is 2.00 bits per heavy atom. The van der Waals surface area contributed by atoms with Gasteiger partial charge in [-0.15, -0.1) is 0 Å². The van der Waals surface area contributed by atoms with E-state index in [2.05, 4.69) is 38.8 Å². The van der Waals surface area contributed by atoms with Crippen molar-refractivity contribution >= 4 is 6.21 Å². The molecule has 1 rings (SSSR count). The van der Waals surface area contributed by atoms with Crippen LogP contribution in [0.5, 0.6) is 0 Å². The summed E-state index contributed by atoms with van der Waals surface area (Å²) in [6.45, 7) is 8.82. The van der Waals surface area contributed by atoms with Crippen LogP contribution in [0.4, 0.5) is 0 Å². The van der Waals surface area contributed by atoms with Crippen molar-refractivity contribution in [2.24, 2.45) is 10.4 Å². The van der Waals surface area contributed by atoms with Crippen LogP contribution in [0, 0.1) is 5.41 Å². The van der Waals surface area contributed by atoms with Gasteiger partial charge in [0.15, 0.2) is 0 Å². The zero-order valence-corrected chi connectivity index (χ0v) is 8.39. The van der Waals surface area contributed by atoms with Gasteiger partial charge < -0.3 is 0 Å². The molecule has 1 nitrogen and oxygen atoms in total. The van der Waals surface area contributed by atoms with Crippen LogP contribution in [0.2, 0.25) is 0 Å². The van der Waals surface area contributed by atoms with Crippen LogP contribution in [0.25, 0.3) is 0 Å². The van der Waals surface area contributed by atoms with Crippen LogP contribution in [0.15, 0.2) is 28.4 Å². The van der Waals surface area contributed by atoms with Gasteiger partial charge in [0.05, 0.1) is 0 Å². The van der Waals surface area contributed by atoms with Crippen LogP contribution in [-0.2, 0) is 0 Å². The lowest BCUT2D eigenvalue weighted by atomic mass is 9.84. The molecule has 0 saturated carbocycles. The second-order valence-electron chi connectivity index (χ2n) is 4.33. The molecule has 0 fully saturated rings. The van der Waals surface area contributed by atoms with Crippen molar-refractivity contribution < 1.29 is 0 Å². The van der Waals surface area contributed by atoms with Crippen LogP contribution in [0.1, 0.15) is 34.1 Å². The molecule has 12 heavy (non-hydrogen) atoms. The van der Waals surface area contributed by atoms with Gasteiger partial charge in [-0.2, -0.15) is 0 Å². The van der Waals surface area contributed by atoms with E-state index in [9.17, 15) is 0 Å². The largest absolute Gasteiger partial charge is 0.268 e. The van der Waals surface area contributed by atoms with E-state index in [1.54, 1.807) is 0 Å². The van der Waals surface area contributed by atoms with Crippen molar-refractivity contribution in [3.05, 3.63) is 23.4 Å². The van der Waals surface area contributed by atoms with E-state index in [1.807, 2.05) is 12.4 Å². The molecule has 1 heteroatoms. The van der Waals surface area contributed by atoms with Crippen LogP contribution in [0.3, 0.4) is 0 Å². The summed E-state index contributed by atoms with van der Waals surface area (Å²) in [5.74, 6) is 0. The molecular formula is C11H17N. The van der Waals surface area contributed by atoms with E-state index < -0.39 is 0 Å². The molecule has 0 spiro atoms. The Hall–Kier alpha value is -0.850. The third-order valence-corrected chi connectivity index (χ3v) is 2.06. The second kappa shape index (κ2) is 3.26. The molecule has 0 aromatic carbocycles. The van der Waals surface area contributed by atoms with Crippen molar-refractivity contribution in [2.75, 3.05) is 0 Å². The fraction of sp³-hybridized carbons (Fsp3) is 0.545. The summed E-state index contributed by atoms with van der Waals surface area (Å²) in [4.78, 5) is 4.18. The lowest BCUT2D eigenvalue weighted by Crippen LogP contribution is -2.09. The zero-order chi connectivity index (χ0) is 9.19. The Kier molecular flexibility index (Phi) is 2.51. The van der Waals surface area contributed by atoms with Crippen molar-refractivity contribution in [3.63, 3.8) is 0 Å². The number of allylic oxidation sites excluding steroid dienone is 3. The highest BCUT2D eigenvalue weighted by Crippen LogP contribution is 2.29. The van der Waals surface area contributed by atoms with E-state index in [0.717, 1.165) is 6.42 Å². The van der Waals surface area contributed by atoms with Gasteiger partial charge in [0.1, 0.15) is 0 Å². The Morgan fingerprint density at radius 3 is 2.58 bits per heavy atom. The maximum Gasteiger partial charge on any atom is 0.0293 e. The third-order valence-electron chi connectivity index (χ3n) is 2.06. The minimum atomic E-state index is 0.269. The summed E-state index contributed by atoms with van der Waals surface area (Å²) in [5, 5.41) is 0. The summed E-state index contributed by atoms with van der Waals surface area (Å²) >= 11 is 0. The van der Waals surface area contributed by atoms with Gasteiger partial charge in [0.25, 0.3) is 0 Å². The number of hydrogen-bond donors (Lipinski definition) is 0. The molecule has 0 radical (unpaired) electrons. The standard InChI is InChI=1S/C11H17N/c1-9-7-10(11(2,3)4)5-6-12-8-9/h6-8H,5H2,1-4H3. The topological polar surface area (TPSA) is 12.4 Å². The molecule has 1 heterocycles. The molecule has 1 aliphatic rings. The van der Waals surface area contributed by atoms with Gasteiger partial charge >= 0.3 is 0 Å². The van der Waals surface area contributed by atoms with Gasteiger partial charge in [-0.3, -0.25) is 4.99 Å². The lowest BCUT2D eigenvalue weighted by molar-refractivity contribution is 0.497. The van der Waals surface area contributed by atoms with E-state index in [4.69, 9.17) is 0 Å². The zero-order valence-electron chi connectivity index (χ0n) is 8.39. The highest BCUT2D eigenvalue weighted by Gasteiger charge is 2.16. The maximum atomic E-state index is 4.18. The fourth-order valence-electron chi connectivity index (χ4n) is 1.22. The number of hydrogen-bond acceptors (Lipinski definition) is 1. The van der Waals surface area contributed by atoms with Gasteiger partial charge in [-0.1, -0.05) is 32.4 Å². The summed E-state index contributed by atoms with van der Waals surface area (Å²) in [5.41, 5.74) is 2.97. The van der Waals surface area contributed by atoms with Crippen molar-refractivity contribution in [1.82, 2.24) is 0 Å². The highest BCUT2D eigenvalue weighted by atomic mass is 14.7. The molecule has 0 saturated heterocycles. The predicted molar refractivity (Wildman–Crippen MR) is 54.4 cm³/mol. The van der Waals surface area contributed by atoms with Gasteiger partial charge in [0.2, 0.25) is 0 Å². The SMILES string of the molecule is CC1=CN=CCC(C(C)(C)C)=C1. The molecule has 0 aromatic heterocycles. The summed E-state index contributed by atoms with van der Waals surface area (Å²) in [6, 6.07) is 0. The summed E-state index contributed by atoms with van der Waals surface area (Å²) in [6.07, 6.45) is 7.12. The predicted octanol–water partition coefficient (Wildman–Crippen LogP) is 3.34. The Labute approximate surface area is 74.9 Å². The molecule has 0 atom stereocenters. The maximum absolute atomic E-state index is 4.18. The lowest BCUT2D eigenvalue weighted by Gasteiger charge is -2.21. The smallest absolute Gasteiger partial charge is 0.0293 e. The average Bonchev–Trinajstić information content (AvgIpc) is 2.11. The number of rotatable bonds is 0. The highest BCUT2D eigenvalue weighted by molar-refractivity contribution is 5.64. The van der Waals surface area contributed by atoms with Crippen LogP contribution >= 0.6 is 0 Å². The quantitative estimate of drug-likeness (QED) is 0.519. The second-order valence-corrected chi connectivity index (χ2v) is 4.33. The molecule has 0 aliphatic carbocycles. The minimum Gasteiger partial charge on any atom is -0.268 e. The molecule has 66 valence electrons. The molecule has 0 amide bonds. The van der Waals surface area contributed by atoms with Gasteiger partial charge in [-0.25, -0.2) is 0 Å². The van der Waals surface area contributed by atoms with Crippen LogP contribution in [-0.4, -0.2) is 6.21 Å². The Bertz CT molecular complexity index is 249. The van der Waals surface area contributed by atoms with E-state index in [1.165, 1.54) is 11.1 Å². The van der Waals surface area contributed by atoms with E-state index in [-0.39, 0.29) is 5.41 Å². The van der Waals surface area contributed by atoms with Gasteiger partial charge in [-0.05, 0) is 17.9 Å². The molecule has 1 aliphatic heterocycles. The van der Waals surface area contributed by atoms with Gasteiger partial charge in [0, 0.05) is 18.8 Å². The number of aliphatic imine (C=N–C) groups is 1. The molecular weight excluding hydrogens is 146 g/mol. The van der Waals surface area contributed by atoms with Crippen molar-refractivity contribution in [3.8, 4) is 0 Å². The minimum absolute atomic E-state index is 0.269. The van der Waals surface area contributed by atoms with Crippen molar-refractivity contribution in [2.45, 2.75) is 34.1 Å². The first kappa shape index (κ1) is 9.24. The Balaban J connectivity index is 2.93. The molecule has 0 aromatic rings. The monoisotopic (exact) mass is 163 g/mol. The average molecular weight is 163 g/mol. The number of nitrogens with zero attached hydrogens (tertiary/aromatic N) is 1. The third kappa shape index (κ3) is 2.33. The van der Waals surface area contributed by atoms with Crippen LogP contribution < -0.4 is 0 Å². The first-order chi connectivity index (χ1) is 5.50. The molecule has 0 unspecified atom stereocenters. The molecule has 0 N–H and O–H groups in total. The fourth-order valence-corrected chi connectivity index (χ4v) is 1.22. The normalized spacial score (nSPS) is 18.3. The first-order valence-corrected chi connectivity index (χ1v) is 4.39. The van der Waals surface area contributed by atoms with E-state index in [0.29, 0.717) is 0 Å². The first-order valence-electron chi connectivity index (χ1n) is 4.39.